The largest absolute Gasteiger partial charge is 0.497 e. The zero-order valence-corrected chi connectivity index (χ0v) is 15.5. The summed E-state index contributed by atoms with van der Waals surface area (Å²) in [5, 5.41) is 5.80. The molecule has 2 aromatic rings. The van der Waals surface area contributed by atoms with E-state index in [1.165, 1.54) is 14.2 Å². The molecule has 0 spiro atoms. The van der Waals surface area contributed by atoms with Gasteiger partial charge in [-0.05, 0) is 29.8 Å². The van der Waals surface area contributed by atoms with Crippen molar-refractivity contribution in [3.05, 3.63) is 58.6 Å². The van der Waals surface area contributed by atoms with Gasteiger partial charge in [0.2, 0.25) is 11.9 Å². The first kappa shape index (κ1) is 18.7. The summed E-state index contributed by atoms with van der Waals surface area (Å²) in [5.41, 5.74) is 1.15. The SMILES string of the molecule is COc1cc(OC)cc(C(=O)NC2=N[C@H](c3ccc(Cl)cc3)CC(=O)N2)c1. The number of nitrogens with one attached hydrogen (secondary N) is 2. The first-order chi connectivity index (χ1) is 13.0. The van der Waals surface area contributed by atoms with Crippen LogP contribution in [0.25, 0.3) is 0 Å². The number of hydrogen-bond donors (Lipinski definition) is 2. The Labute approximate surface area is 161 Å². The maximum Gasteiger partial charge on any atom is 0.258 e. The highest BCUT2D eigenvalue weighted by molar-refractivity contribution is 6.30. The molecule has 2 aromatic carbocycles. The third-order valence-electron chi connectivity index (χ3n) is 4.02. The predicted octanol–water partition coefficient (Wildman–Crippen LogP) is 2.70. The van der Waals surface area contributed by atoms with Crippen LogP contribution in [0.3, 0.4) is 0 Å². The average Bonchev–Trinajstić information content (AvgIpc) is 2.67. The molecule has 0 radical (unpaired) electrons. The second-order valence-corrected chi connectivity index (χ2v) is 6.29. The molecule has 0 bridgehead atoms. The molecule has 3 rings (SSSR count). The summed E-state index contributed by atoms with van der Waals surface area (Å²) in [7, 11) is 3.00. The maximum absolute atomic E-state index is 12.6. The molecule has 0 aliphatic carbocycles. The number of aliphatic imine (C=N–C) groups is 1. The second kappa shape index (κ2) is 8.09. The van der Waals surface area contributed by atoms with E-state index >= 15 is 0 Å². The Morgan fingerprint density at radius 3 is 2.37 bits per heavy atom. The fraction of sp³-hybridized carbons (Fsp3) is 0.211. The molecule has 2 amide bonds. The number of nitrogens with zero attached hydrogens (tertiary/aromatic N) is 1. The van der Waals surface area contributed by atoms with Gasteiger partial charge in [0.15, 0.2) is 0 Å². The molecule has 0 fully saturated rings. The molecule has 1 atom stereocenters. The van der Waals surface area contributed by atoms with Crippen molar-refractivity contribution >= 4 is 29.4 Å². The summed E-state index contributed by atoms with van der Waals surface area (Å²) < 4.78 is 10.3. The fourth-order valence-corrected chi connectivity index (χ4v) is 2.78. The van der Waals surface area contributed by atoms with Gasteiger partial charge in [0.1, 0.15) is 11.5 Å². The summed E-state index contributed by atoms with van der Waals surface area (Å²) in [6.07, 6.45) is 0.188. The maximum atomic E-state index is 12.6. The van der Waals surface area contributed by atoms with Gasteiger partial charge >= 0.3 is 0 Å². The highest BCUT2D eigenvalue weighted by Crippen LogP contribution is 2.25. The number of rotatable bonds is 4. The van der Waals surface area contributed by atoms with Crippen LogP contribution in [-0.2, 0) is 4.79 Å². The normalized spacial score (nSPS) is 16.2. The quantitative estimate of drug-likeness (QED) is 0.844. The standard InChI is InChI=1S/C19H18ClN3O4/c1-26-14-7-12(8-15(9-14)27-2)18(25)23-19-21-16(10-17(24)22-19)11-3-5-13(20)6-4-11/h3-9,16H,10H2,1-2H3,(H2,21,22,23,24,25)/t16-/m0/s1. The van der Waals surface area contributed by atoms with Crippen LogP contribution in [0, 0.1) is 0 Å². The lowest BCUT2D eigenvalue weighted by atomic mass is 10.0. The Morgan fingerprint density at radius 2 is 1.78 bits per heavy atom. The van der Waals surface area contributed by atoms with E-state index in [0.29, 0.717) is 22.1 Å². The van der Waals surface area contributed by atoms with Crippen LogP contribution < -0.4 is 20.1 Å². The number of ether oxygens (including phenoxy) is 2. The van der Waals surface area contributed by atoms with Gasteiger partial charge < -0.3 is 9.47 Å². The molecule has 0 aromatic heterocycles. The number of carbonyl (C=O) groups is 2. The van der Waals surface area contributed by atoms with Crippen LogP contribution in [0.1, 0.15) is 28.4 Å². The summed E-state index contributed by atoms with van der Waals surface area (Å²) >= 11 is 5.90. The molecule has 1 aliphatic heterocycles. The highest BCUT2D eigenvalue weighted by Gasteiger charge is 2.24. The van der Waals surface area contributed by atoms with E-state index in [1.807, 2.05) is 12.1 Å². The van der Waals surface area contributed by atoms with Crippen molar-refractivity contribution in [2.24, 2.45) is 4.99 Å². The van der Waals surface area contributed by atoms with Gasteiger partial charge in [-0.25, -0.2) is 4.99 Å². The van der Waals surface area contributed by atoms with Crippen molar-refractivity contribution in [1.82, 2.24) is 10.6 Å². The number of amides is 2. The van der Waals surface area contributed by atoms with Gasteiger partial charge in [-0.15, -0.1) is 0 Å². The molecule has 0 saturated carbocycles. The van der Waals surface area contributed by atoms with Crippen molar-refractivity contribution in [1.29, 1.82) is 0 Å². The Morgan fingerprint density at radius 1 is 1.15 bits per heavy atom. The molecule has 1 aliphatic rings. The van der Waals surface area contributed by atoms with Gasteiger partial charge in [0.05, 0.1) is 26.7 Å². The van der Waals surface area contributed by atoms with E-state index in [-0.39, 0.29) is 18.3 Å². The van der Waals surface area contributed by atoms with E-state index in [9.17, 15) is 9.59 Å². The van der Waals surface area contributed by atoms with Crippen LogP contribution in [0.5, 0.6) is 11.5 Å². The molecule has 8 heteroatoms. The summed E-state index contributed by atoms with van der Waals surface area (Å²) in [6.45, 7) is 0. The Hall–Kier alpha value is -3.06. The highest BCUT2D eigenvalue weighted by atomic mass is 35.5. The first-order valence-electron chi connectivity index (χ1n) is 8.16. The Kier molecular flexibility index (Phi) is 5.61. The number of halogens is 1. The predicted molar refractivity (Wildman–Crippen MR) is 101 cm³/mol. The summed E-state index contributed by atoms with van der Waals surface area (Å²) in [5.74, 6) is 0.380. The number of methoxy groups -OCH3 is 2. The summed E-state index contributed by atoms with van der Waals surface area (Å²) in [6, 6.07) is 11.5. The van der Waals surface area contributed by atoms with Crippen LogP contribution >= 0.6 is 11.6 Å². The van der Waals surface area contributed by atoms with E-state index in [1.54, 1.807) is 30.3 Å². The third kappa shape index (κ3) is 4.57. The van der Waals surface area contributed by atoms with Crippen LogP contribution in [0.4, 0.5) is 0 Å². The zero-order chi connectivity index (χ0) is 19.4. The second-order valence-electron chi connectivity index (χ2n) is 5.85. The number of benzene rings is 2. The van der Waals surface area contributed by atoms with Crippen LogP contribution in [-0.4, -0.2) is 32.0 Å². The van der Waals surface area contributed by atoms with Gasteiger partial charge in [-0.3, -0.25) is 20.2 Å². The number of carbonyl (C=O) groups excluding carboxylic acids is 2. The van der Waals surface area contributed by atoms with Gasteiger partial charge in [0, 0.05) is 16.7 Å². The molecule has 0 unspecified atom stereocenters. The monoisotopic (exact) mass is 387 g/mol. The van der Waals surface area contributed by atoms with E-state index in [0.717, 1.165) is 5.56 Å². The minimum absolute atomic E-state index is 0.0954. The number of hydrogen-bond acceptors (Lipinski definition) is 5. The van der Waals surface area contributed by atoms with E-state index < -0.39 is 11.9 Å². The Bertz CT molecular complexity index is 874. The van der Waals surface area contributed by atoms with Crippen molar-refractivity contribution < 1.29 is 19.1 Å². The molecular weight excluding hydrogens is 370 g/mol. The fourth-order valence-electron chi connectivity index (χ4n) is 2.65. The summed E-state index contributed by atoms with van der Waals surface area (Å²) in [4.78, 5) is 29.0. The molecule has 27 heavy (non-hydrogen) atoms. The van der Waals surface area contributed by atoms with Crippen molar-refractivity contribution in [3.63, 3.8) is 0 Å². The number of guanidine groups is 1. The van der Waals surface area contributed by atoms with Gasteiger partial charge in [0.25, 0.3) is 5.91 Å². The van der Waals surface area contributed by atoms with Crippen molar-refractivity contribution in [3.8, 4) is 11.5 Å². The molecule has 1 heterocycles. The topological polar surface area (TPSA) is 89.0 Å². The van der Waals surface area contributed by atoms with Crippen molar-refractivity contribution in [2.45, 2.75) is 12.5 Å². The lowest BCUT2D eigenvalue weighted by molar-refractivity contribution is -0.120. The van der Waals surface area contributed by atoms with E-state index in [2.05, 4.69) is 15.6 Å². The third-order valence-corrected chi connectivity index (χ3v) is 4.27. The molecule has 2 N–H and O–H groups in total. The molecular formula is C19H18ClN3O4. The zero-order valence-electron chi connectivity index (χ0n) is 14.8. The Balaban J connectivity index is 1.82. The minimum atomic E-state index is -0.442. The van der Waals surface area contributed by atoms with Crippen LogP contribution in [0.15, 0.2) is 47.5 Å². The average molecular weight is 388 g/mol. The first-order valence-corrected chi connectivity index (χ1v) is 8.54. The lowest BCUT2D eigenvalue weighted by Crippen LogP contribution is -2.47. The van der Waals surface area contributed by atoms with Gasteiger partial charge in [-0.1, -0.05) is 23.7 Å². The van der Waals surface area contributed by atoms with Gasteiger partial charge in [-0.2, -0.15) is 0 Å². The van der Waals surface area contributed by atoms with Crippen LogP contribution in [0.2, 0.25) is 5.02 Å². The smallest absolute Gasteiger partial charge is 0.258 e. The molecule has 7 nitrogen and oxygen atoms in total. The molecule has 140 valence electrons. The van der Waals surface area contributed by atoms with E-state index in [4.69, 9.17) is 21.1 Å². The molecule has 0 saturated heterocycles. The lowest BCUT2D eigenvalue weighted by Gasteiger charge is -2.21. The van der Waals surface area contributed by atoms with Crippen molar-refractivity contribution in [2.75, 3.05) is 14.2 Å². The minimum Gasteiger partial charge on any atom is -0.497 e.